The molecule has 0 aliphatic rings. The molecule has 0 aliphatic carbocycles. The van der Waals surface area contributed by atoms with Crippen molar-refractivity contribution >= 4 is 11.4 Å². The molecule has 6 heteroatoms. The van der Waals surface area contributed by atoms with E-state index in [0.29, 0.717) is 34.4 Å². The maximum atomic E-state index is 7.03. The monoisotopic (exact) mass is 608 g/mol. The Morgan fingerprint density at radius 1 is 0.304 bits per heavy atom. The number of anilines is 2. The van der Waals surface area contributed by atoms with E-state index >= 15 is 0 Å². The Kier molecular flexibility index (Phi) is 8.53. The van der Waals surface area contributed by atoms with Crippen LogP contribution in [0.2, 0.25) is 0 Å². The van der Waals surface area contributed by atoms with Crippen LogP contribution < -0.4 is 30.4 Å². The largest absolute Gasteiger partial charge is 0.492 e. The molecule has 0 bridgehead atoms. The minimum absolute atomic E-state index is 0.411. The third-order valence-electron chi connectivity index (χ3n) is 8.21. The van der Waals surface area contributed by atoms with E-state index in [1.165, 1.54) is 0 Å². The Morgan fingerprint density at radius 2 is 0.543 bits per heavy atom. The predicted octanol–water partition coefficient (Wildman–Crippen LogP) is 9.22. The SMILES string of the molecule is COc1c(N)c(-c2ccccc2)c(-c2ccccc2)c(-c2c(OC)c(OC)c(N)c(-c3ccccc3)c2-c2ccccc2)c1OC. The van der Waals surface area contributed by atoms with Crippen molar-refractivity contribution in [2.75, 3.05) is 39.9 Å². The average Bonchev–Trinajstić information content (AvgIpc) is 3.12. The number of methoxy groups -OCH3 is 4. The van der Waals surface area contributed by atoms with Crippen LogP contribution in [0.25, 0.3) is 55.6 Å². The summed E-state index contributed by atoms with van der Waals surface area (Å²) in [5.41, 5.74) is 23.4. The first-order valence-corrected chi connectivity index (χ1v) is 14.9. The maximum absolute atomic E-state index is 7.03. The summed E-state index contributed by atoms with van der Waals surface area (Å²) in [4.78, 5) is 0. The zero-order valence-corrected chi connectivity index (χ0v) is 26.3. The van der Waals surface area contributed by atoms with Crippen molar-refractivity contribution < 1.29 is 18.9 Å². The van der Waals surface area contributed by atoms with Gasteiger partial charge in [-0.25, -0.2) is 0 Å². The lowest BCUT2D eigenvalue weighted by molar-refractivity contribution is 0.354. The highest BCUT2D eigenvalue weighted by Gasteiger charge is 2.34. The molecule has 0 unspecified atom stereocenters. The van der Waals surface area contributed by atoms with Gasteiger partial charge in [0.05, 0.1) is 39.8 Å². The molecule has 0 saturated carbocycles. The quantitative estimate of drug-likeness (QED) is 0.159. The van der Waals surface area contributed by atoms with E-state index in [9.17, 15) is 0 Å². The van der Waals surface area contributed by atoms with E-state index in [4.69, 9.17) is 30.4 Å². The number of rotatable bonds is 9. The van der Waals surface area contributed by atoms with Crippen molar-refractivity contribution in [3.63, 3.8) is 0 Å². The summed E-state index contributed by atoms with van der Waals surface area (Å²) in [6.07, 6.45) is 0. The van der Waals surface area contributed by atoms with Crippen molar-refractivity contribution in [2.45, 2.75) is 0 Å². The number of nitrogen functional groups attached to an aromatic ring is 2. The lowest BCUT2D eigenvalue weighted by Crippen LogP contribution is -2.08. The summed E-state index contributed by atoms with van der Waals surface area (Å²) in [6, 6.07) is 40.4. The maximum Gasteiger partial charge on any atom is 0.185 e. The molecule has 6 rings (SSSR count). The van der Waals surface area contributed by atoms with E-state index in [1.807, 2.05) is 97.1 Å². The van der Waals surface area contributed by atoms with Crippen molar-refractivity contribution in [3.05, 3.63) is 121 Å². The zero-order valence-electron chi connectivity index (χ0n) is 26.3. The minimum Gasteiger partial charge on any atom is -0.492 e. The fourth-order valence-corrected chi connectivity index (χ4v) is 6.31. The molecule has 0 heterocycles. The zero-order chi connectivity index (χ0) is 32.2. The number of ether oxygens (including phenoxy) is 4. The van der Waals surface area contributed by atoms with Gasteiger partial charge in [-0.3, -0.25) is 0 Å². The van der Waals surface area contributed by atoms with Crippen LogP contribution in [0.4, 0.5) is 11.4 Å². The Morgan fingerprint density at radius 3 is 0.783 bits per heavy atom. The van der Waals surface area contributed by atoms with E-state index in [-0.39, 0.29) is 0 Å². The van der Waals surface area contributed by atoms with Crippen LogP contribution in [-0.4, -0.2) is 28.4 Å². The van der Waals surface area contributed by atoms with Gasteiger partial charge >= 0.3 is 0 Å². The summed E-state index contributed by atoms with van der Waals surface area (Å²) >= 11 is 0. The molecule has 4 N–H and O–H groups in total. The summed E-state index contributed by atoms with van der Waals surface area (Å²) in [5, 5.41) is 0. The van der Waals surface area contributed by atoms with E-state index in [0.717, 1.165) is 55.6 Å². The molecule has 6 aromatic carbocycles. The normalized spacial score (nSPS) is 10.8. The van der Waals surface area contributed by atoms with Crippen molar-refractivity contribution in [3.8, 4) is 78.6 Å². The Labute approximate surface area is 269 Å². The van der Waals surface area contributed by atoms with E-state index in [1.54, 1.807) is 28.4 Å². The van der Waals surface area contributed by atoms with Crippen molar-refractivity contribution in [1.29, 1.82) is 0 Å². The van der Waals surface area contributed by atoms with E-state index < -0.39 is 0 Å². The van der Waals surface area contributed by atoms with Gasteiger partial charge in [0, 0.05) is 33.4 Å². The number of hydrogen-bond donors (Lipinski definition) is 2. The first-order valence-electron chi connectivity index (χ1n) is 14.9. The lowest BCUT2D eigenvalue weighted by atomic mass is 9.80. The van der Waals surface area contributed by atoms with Crippen LogP contribution in [0.15, 0.2) is 121 Å². The topological polar surface area (TPSA) is 89.0 Å². The molecule has 0 fully saturated rings. The van der Waals surface area contributed by atoms with Crippen LogP contribution in [0.5, 0.6) is 23.0 Å². The Hall–Kier alpha value is -5.88. The molecule has 0 aliphatic heterocycles. The Balaban J connectivity index is 1.96. The molecule has 6 nitrogen and oxygen atoms in total. The summed E-state index contributed by atoms with van der Waals surface area (Å²) in [5.74, 6) is 1.74. The van der Waals surface area contributed by atoms with Gasteiger partial charge in [-0.1, -0.05) is 121 Å². The molecule has 0 spiro atoms. The number of hydrogen-bond acceptors (Lipinski definition) is 6. The molecule has 0 amide bonds. The third-order valence-corrected chi connectivity index (χ3v) is 8.21. The molecule has 0 radical (unpaired) electrons. The first-order chi connectivity index (χ1) is 22.5. The van der Waals surface area contributed by atoms with Gasteiger partial charge in [-0.05, 0) is 22.3 Å². The van der Waals surface area contributed by atoms with Crippen LogP contribution >= 0.6 is 0 Å². The molecular weight excluding hydrogens is 572 g/mol. The number of nitrogens with two attached hydrogens (primary N) is 2. The lowest BCUT2D eigenvalue weighted by Gasteiger charge is -2.29. The Bertz CT molecular complexity index is 1830. The van der Waals surface area contributed by atoms with Gasteiger partial charge in [0.15, 0.2) is 23.0 Å². The summed E-state index contributed by atoms with van der Waals surface area (Å²) in [7, 11) is 6.45. The fourth-order valence-electron chi connectivity index (χ4n) is 6.31. The number of benzene rings is 6. The summed E-state index contributed by atoms with van der Waals surface area (Å²) < 4.78 is 24.6. The molecule has 0 saturated heterocycles. The second-order valence-corrected chi connectivity index (χ2v) is 10.7. The van der Waals surface area contributed by atoms with Crippen molar-refractivity contribution in [2.24, 2.45) is 0 Å². The van der Waals surface area contributed by atoms with Gasteiger partial charge in [0.1, 0.15) is 0 Å². The van der Waals surface area contributed by atoms with Gasteiger partial charge in [0.25, 0.3) is 0 Å². The molecule has 0 atom stereocenters. The fraction of sp³-hybridized carbons (Fsp3) is 0.100. The van der Waals surface area contributed by atoms with Crippen molar-refractivity contribution in [1.82, 2.24) is 0 Å². The molecule has 6 aromatic rings. The molecule has 46 heavy (non-hydrogen) atoms. The van der Waals surface area contributed by atoms with Crippen LogP contribution in [-0.2, 0) is 0 Å². The second-order valence-electron chi connectivity index (χ2n) is 10.7. The minimum atomic E-state index is 0.411. The second kappa shape index (κ2) is 13.0. The van der Waals surface area contributed by atoms with Crippen LogP contribution in [0.3, 0.4) is 0 Å². The highest BCUT2D eigenvalue weighted by Crippen LogP contribution is 2.61. The van der Waals surface area contributed by atoms with Gasteiger partial charge in [-0.2, -0.15) is 0 Å². The molecule has 0 aromatic heterocycles. The standard InChI is InChI=1S/C40H36N2O4/c1-43-37-33(29(25-17-9-5-10-18-25)31(35(41)39(37)45-3)27-21-13-7-14-22-27)34-30(26-19-11-6-12-20-26)32(28-23-15-8-16-24-28)36(42)40(46-4)38(34)44-2/h5-24H,41-42H2,1-4H3. The highest BCUT2D eigenvalue weighted by atomic mass is 16.5. The highest BCUT2D eigenvalue weighted by molar-refractivity contribution is 6.13. The first kappa shape index (κ1) is 30.2. The smallest absolute Gasteiger partial charge is 0.185 e. The third kappa shape index (κ3) is 5.04. The molecule has 230 valence electrons. The van der Waals surface area contributed by atoms with Gasteiger partial charge in [0.2, 0.25) is 0 Å². The van der Waals surface area contributed by atoms with Gasteiger partial charge in [-0.15, -0.1) is 0 Å². The van der Waals surface area contributed by atoms with E-state index in [2.05, 4.69) is 24.3 Å². The molecular formula is C40H36N2O4. The summed E-state index contributed by atoms with van der Waals surface area (Å²) in [6.45, 7) is 0. The van der Waals surface area contributed by atoms with Crippen LogP contribution in [0.1, 0.15) is 0 Å². The average molecular weight is 609 g/mol. The predicted molar refractivity (Wildman–Crippen MR) is 189 cm³/mol. The van der Waals surface area contributed by atoms with Crippen LogP contribution in [0, 0.1) is 0 Å². The van der Waals surface area contributed by atoms with Gasteiger partial charge < -0.3 is 30.4 Å².